The molecule has 0 saturated heterocycles. The highest BCUT2D eigenvalue weighted by atomic mass is 16.5. The van der Waals surface area contributed by atoms with E-state index in [2.05, 4.69) is 23.2 Å². The Bertz CT molecular complexity index is 947. The summed E-state index contributed by atoms with van der Waals surface area (Å²) in [7, 11) is 1.62. The predicted molar refractivity (Wildman–Crippen MR) is 101 cm³/mol. The van der Waals surface area contributed by atoms with Crippen LogP contribution in [-0.4, -0.2) is 41.0 Å². The number of pyridine rings is 1. The highest BCUT2D eigenvalue weighted by Crippen LogP contribution is 2.38. The molecule has 1 N–H and O–H groups in total. The van der Waals surface area contributed by atoms with Crippen molar-refractivity contribution >= 4 is 16.8 Å². The lowest BCUT2D eigenvalue weighted by Gasteiger charge is -2.35. The molecule has 4 rings (SSSR count). The van der Waals surface area contributed by atoms with Crippen LogP contribution in [0.4, 0.5) is 0 Å². The van der Waals surface area contributed by atoms with Crippen LogP contribution in [0.3, 0.4) is 0 Å². The zero-order valence-electron chi connectivity index (χ0n) is 15.2. The van der Waals surface area contributed by atoms with Crippen molar-refractivity contribution in [1.29, 1.82) is 0 Å². The number of fused-ring (bicyclic) bond motifs is 3. The molecule has 1 aliphatic rings. The number of ether oxygens (including phenoxy) is 1. The standard InChI is InChI=1S/C21H23N3O2/c1-14-6-5-9-18(22-14)21-20-16(15-7-3-4-8-17(15)23-20)10-12-24(21)19(25)11-13-26-2/h3-9,21,23H,10-13H2,1-2H3/t21-/m0/s1. The fourth-order valence-electron chi connectivity index (χ4n) is 3.87. The topological polar surface area (TPSA) is 58.2 Å². The molecular formula is C21H23N3O2. The first-order valence-corrected chi connectivity index (χ1v) is 9.00. The number of H-pyrrole nitrogens is 1. The summed E-state index contributed by atoms with van der Waals surface area (Å²) in [6.07, 6.45) is 1.23. The molecule has 0 fully saturated rings. The molecule has 2 aromatic heterocycles. The minimum absolute atomic E-state index is 0.101. The average molecular weight is 349 g/mol. The number of amides is 1. The molecule has 5 heteroatoms. The molecular weight excluding hydrogens is 326 g/mol. The van der Waals surface area contributed by atoms with Gasteiger partial charge in [0.2, 0.25) is 5.91 Å². The molecule has 0 radical (unpaired) electrons. The third kappa shape index (κ3) is 2.88. The molecule has 1 aromatic carbocycles. The summed E-state index contributed by atoms with van der Waals surface area (Å²) in [5.74, 6) is 0.101. The molecule has 134 valence electrons. The van der Waals surface area contributed by atoms with Gasteiger partial charge in [0.25, 0.3) is 0 Å². The van der Waals surface area contributed by atoms with Crippen LogP contribution in [-0.2, 0) is 16.0 Å². The number of aromatic nitrogens is 2. The number of rotatable bonds is 4. The van der Waals surface area contributed by atoms with Crippen molar-refractivity contribution in [1.82, 2.24) is 14.9 Å². The van der Waals surface area contributed by atoms with Crippen molar-refractivity contribution < 1.29 is 9.53 Å². The highest BCUT2D eigenvalue weighted by Gasteiger charge is 2.35. The quantitative estimate of drug-likeness (QED) is 0.785. The summed E-state index contributed by atoms with van der Waals surface area (Å²) in [6.45, 7) is 3.11. The van der Waals surface area contributed by atoms with Crippen LogP contribution >= 0.6 is 0 Å². The Morgan fingerprint density at radius 1 is 1.27 bits per heavy atom. The minimum Gasteiger partial charge on any atom is -0.384 e. The lowest BCUT2D eigenvalue weighted by Crippen LogP contribution is -2.41. The maximum Gasteiger partial charge on any atom is 0.225 e. The molecule has 1 atom stereocenters. The van der Waals surface area contributed by atoms with Crippen molar-refractivity contribution in [3.63, 3.8) is 0 Å². The molecule has 1 amide bonds. The first-order chi connectivity index (χ1) is 12.7. The molecule has 0 bridgehead atoms. The van der Waals surface area contributed by atoms with Crippen LogP contribution in [0.15, 0.2) is 42.5 Å². The number of benzene rings is 1. The number of carbonyl (C=O) groups excluding carboxylic acids is 1. The molecule has 0 unspecified atom stereocenters. The van der Waals surface area contributed by atoms with E-state index in [4.69, 9.17) is 9.72 Å². The minimum atomic E-state index is -0.185. The molecule has 1 aliphatic heterocycles. The Morgan fingerprint density at radius 3 is 2.92 bits per heavy atom. The van der Waals surface area contributed by atoms with E-state index in [1.807, 2.05) is 36.1 Å². The second kappa shape index (κ2) is 6.92. The fraction of sp³-hybridized carbons (Fsp3) is 0.333. The van der Waals surface area contributed by atoms with Crippen LogP contribution in [0.1, 0.15) is 35.1 Å². The zero-order valence-corrected chi connectivity index (χ0v) is 15.2. The van der Waals surface area contributed by atoms with E-state index in [1.54, 1.807) is 7.11 Å². The first kappa shape index (κ1) is 16.8. The van der Waals surface area contributed by atoms with Gasteiger partial charge < -0.3 is 14.6 Å². The largest absolute Gasteiger partial charge is 0.384 e. The molecule has 26 heavy (non-hydrogen) atoms. The molecule has 3 aromatic rings. The number of aromatic amines is 1. The lowest BCUT2D eigenvalue weighted by atomic mass is 9.94. The number of methoxy groups -OCH3 is 1. The lowest BCUT2D eigenvalue weighted by molar-refractivity contribution is -0.134. The van der Waals surface area contributed by atoms with Gasteiger partial charge in [-0.15, -0.1) is 0 Å². The van der Waals surface area contributed by atoms with Gasteiger partial charge >= 0.3 is 0 Å². The second-order valence-corrected chi connectivity index (χ2v) is 6.75. The van der Waals surface area contributed by atoms with Gasteiger partial charge in [0.1, 0.15) is 6.04 Å². The van der Waals surface area contributed by atoms with Crippen LogP contribution in [0.2, 0.25) is 0 Å². The Hall–Kier alpha value is -2.66. The summed E-state index contributed by atoms with van der Waals surface area (Å²) >= 11 is 0. The zero-order chi connectivity index (χ0) is 18.1. The Morgan fingerprint density at radius 2 is 2.12 bits per heavy atom. The van der Waals surface area contributed by atoms with Gasteiger partial charge in [0.15, 0.2) is 0 Å². The SMILES string of the molecule is COCCC(=O)N1CCc2c([nH]c3ccccc23)[C@@H]1c1cccc(C)n1. The summed E-state index contributed by atoms with van der Waals surface area (Å²) in [5.41, 5.74) is 5.35. The Labute approximate surface area is 153 Å². The second-order valence-electron chi connectivity index (χ2n) is 6.75. The van der Waals surface area contributed by atoms with E-state index in [9.17, 15) is 4.79 Å². The average Bonchev–Trinajstić information content (AvgIpc) is 3.04. The number of nitrogens with zero attached hydrogens (tertiary/aromatic N) is 2. The number of hydrogen-bond acceptors (Lipinski definition) is 3. The van der Waals surface area contributed by atoms with Crippen molar-refractivity contribution in [2.24, 2.45) is 0 Å². The van der Waals surface area contributed by atoms with Crippen molar-refractivity contribution in [2.75, 3.05) is 20.3 Å². The fourth-order valence-corrected chi connectivity index (χ4v) is 3.87. The predicted octanol–water partition coefficient (Wildman–Crippen LogP) is 3.38. The number of nitrogens with one attached hydrogen (secondary N) is 1. The number of carbonyl (C=O) groups is 1. The normalized spacial score (nSPS) is 16.7. The van der Waals surface area contributed by atoms with E-state index >= 15 is 0 Å². The van der Waals surface area contributed by atoms with Gasteiger partial charge in [-0.2, -0.15) is 0 Å². The van der Waals surface area contributed by atoms with Gasteiger partial charge in [-0.25, -0.2) is 0 Å². The van der Waals surface area contributed by atoms with Gasteiger partial charge in [-0.3, -0.25) is 9.78 Å². The van der Waals surface area contributed by atoms with Crippen molar-refractivity contribution in [3.05, 3.63) is 65.1 Å². The summed E-state index contributed by atoms with van der Waals surface area (Å²) in [5, 5.41) is 1.24. The van der Waals surface area contributed by atoms with Crippen LogP contribution in [0, 0.1) is 6.92 Å². The maximum atomic E-state index is 12.9. The van der Waals surface area contributed by atoms with E-state index in [0.717, 1.165) is 29.0 Å². The monoisotopic (exact) mass is 349 g/mol. The van der Waals surface area contributed by atoms with E-state index < -0.39 is 0 Å². The Balaban J connectivity index is 1.83. The molecule has 5 nitrogen and oxygen atoms in total. The number of para-hydroxylation sites is 1. The first-order valence-electron chi connectivity index (χ1n) is 9.00. The molecule has 0 spiro atoms. The van der Waals surface area contributed by atoms with E-state index in [1.165, 1.54) is 10.9 Å². The van der Waals surface area contributed by atoms with Crippen LogP contribution < -0.4 is 0 Å². The summed E-state index contributed by atoms with van der Waals surface area (Å²) in [4.78, 5) is 23.1. The summed E-state index contributed by atoms with van der Waals surface area (Å²) in [6, 6.07) is 14.1. The Kier molecular flexibility index (Phi) is 4.47. The van der Waals surface area contributed by atoms with Crippen LogP contribution in [0.5, 0.6) is 0 Å². The number of aryl methyl sites for hydroxylation is 1. The molecule has 0 aliphatic carbocycles. The summed E-state index contributed by atoms with van der Waals surface area (Å²) < 4.78 is 5.11. The number of hydrogen-bond donors (Lipinski definition) is 1. The van der Waals surface area contributed by atoms with E-state index in [0.29, 0.717) is 19.6 Å². The smallest absolute Gasteiger partial charge is 0.225 e. The van der Waals surface area contributed by atoms with E-state index in [-0.39, 0.29) is 11.9 Å². The third-order valence-corrected chi connectivity index (χ3v) is 5.06. The van der Waals surface area contributed by atoms with Crippen molar-refractivity contribution in [2.45, 2.75) is 25.8 Å². The maximum absolute atomic E-state index is 12.9. The molecule has 3 heterocycles. The van der Waals surface area contributed by atoms with Crippen LogP contribution in [0.25, 0.3) is 10.9 Å². The molecule has 0 saturated carbocycles. The van der Waals surface area contributed by atoms with Gasteiger partial charge in [0, 0.05) is 35.9 Å². The van der Waals surface area contributed by atoms with Crippen molar-refractivity contribution in [3.8, 4) is 0 Å². The third-order valence-electron chi connectivity index (χ3n) is 5.06. The van der Waals surface area contributed by atoms with Gasteiger partial charge in [-0.05, 0) is 37.1 Å². The highest BCUT2D eigenvalue weighted by molar-refractivity contribution is 5.86. The van der Waals surface area contributed by atoms with Gasteiger partial charge in [0.05, 0.1) is 18.7 Å². The van der Waals surface area contributed by atoms with Gasteiger partial charge in [-0.1, -0.05) is 24.3 Å².